The number of hydrogen-bond acceptors (Lipinski definition) is 5. The molecular weight excluding hydrogens is 248 g/mol. The van der Waals surface area contributed by atoms with Crippen molar-refractivity contribution in [3.05, 3.63) is 12.7 Å². The van der Waals surface area contributed by atoms with Crippen molar-refractivity contribution in [2.75, 3.05) is 6.61 Å². The quantitative estimate of drug-likeness (QED) is 0.788. The highest BCUT2D eigenvalue weighted by atomic mass is 16.8. The van der Waals surface area contributed by atoms with E-state index in [1.165, 1.54) is 0 Å². The third-order valence-corrected chi connectivity index (χ3v) is 3.35. The number of hydrogen-bond donors (Lipinski definition) is 1. The summed E-state index contributed by atoms with van der Waals surface area (Å²) in [4.78, 5) is 0. The van der Waals surface area contributed by atoms with E-state index in [0.717, 1.165) is 0 Å². The van der Waals surface area contributed by atoms with Crippen molar-refractivity contribution in [2.24, 2.45) is 0 Å². The highest BCUT2D eigenvalue weighted by Gasteiger charge is 2.51. The monoisotopic (exact) mass is 272 g/mol. The molecule has 2 aliphatic rings. The van der Waals surface area contributed by atoms with E-state index in [4.69, 9.17) is 18.9 Å². The van der Waals surface area contributed by atoms with Crippen LogP contribution in [0.5, 0.6) is 0 Å². The van der Waals surface area contributed by atoms with E-state index in [9.17, 15) is 5.11 Å². The van der Waals surface area contributed by atoms with E-state index in [0.29, 0.717) is 13.0 Å². The lowest BCUT2D eigenvalue weighted by atomic mass is 10.0. The van der Waals surface area contributed by atoms with Gasteiger partial charge in [-0.1, -0.05) is 6.08 Å². The Labute approximate surface area is 114 Å². The van der Waals surface area contributed by atoms with Crippen LogP contribution in [0.1, 0.15) is 34.1 Å². The molecule has 0 unspecified atom stereocenters. The van der Waals surface area contributed by atoms with Crippen LogP contribution in [0, 0.1) is 0 Å². The van der Waals surface area contributed by atoms with E-state index in [2.05, 4.69) is 6.58 Å². The van der Waals surface area contributed by atoms with E-state index >= 15 is 0 Å². The van der Waals surface area contributed by atoms with Gasteiger partial charge in [0.1, 0.15) is 18.3 Å². The van der Waals surface area contributed by atoms with Gasteiger partial charge in [0, 0.05) is 0 Å². The van der Waals surface area contributed by atoms with Gasteiger partial charge in [-0.15, -0.1) is 6.58 Å². The normalized spacial score (nSPS) is 38.3. The van der Waals surface area contributed by atoms with E-state index in [-0.39, 0.29) is 12.2 Å². The summed E-state index contributed by atoms with van der Waals surface area (Å²) in [7, 11) is 0. The molecule has 2 saturated heterocycles. The van der Waals surface area contributed by atoms with Crippen LogP contribution in [0.4, 0.5) is 0 Å². The summed E-state index contributed by atoms with van der Waals surface area (Å²) in [5, 5.41) is 10.2. The molecule has 2 aliphatic heterocycles. The molecule has 2 heterocycles. The summed E-state index contributed by atoms with van der Waals surface area (Å²) >= 11 is 0. The Kier molecular flexibility index (Phi) is 4.05. The molecule has 0 spiro atoms. The van der Waals surface area contributed by atoms with Crippen LogP contribution in [0.25, 0.3) is 0 Å². The summed E-state index contributed by atoms with van der Waals surface area (Å²) < 4.78 is 23.1. The van der Waals surface area contributed by atoms with Crippen molar-refractivity contribution in [3.8, 4) is 0 Å². The maximum absolute atomic E-state index is 10.2. The van der Waals surface area contributed by atoms with Gasteiger partial charge in [0.2, 0.25) is 0 Å². The SMILES string of the molecule is C=CC[C@@H](O)[C@@H]1OC(C)(C)O[C@H]1[C@@H]1COC(C)(C)O1. The van der Waals surface area contributed by atoms with Crippen LogP contribution in [-0.4, -0.2) is 47.7 Å². The Morgan fingerprint density at radius 2 is 1.89 bits per heavy atom. The van der Waals surface area contributed by atoms with Crippen molar-refractivity contribution < 1.29 is 24.1 Å². The average molecular weight is 272 g/mol. The Balaban J connectivity index is 2.10. The van der Waals surface area contributed by atoms with Gasteiger partial charge in [-0.05, 0) is 34.1 Å². The predicted molar refractivity (Wildman–Crippen MR) is 69.5 cm³/mol. The molecule has 2 rings (SSSR count). The molecule has 0 aromatic rings. The first kappa shape index (κ1) is 14.9. The van der Waals surface area contributed by atoms with Gasteiger partial charge in [0.25, 0.3) is 0 Å². The van der Waals surface area contributed by atoms with Gasteiger partial charge >= 0.3 is 0 Å². The summed E-state index contributed by atoms with van der Waals surface area (Å²) in [6.07, 6.45) is 0.462. The van der Waals surface area contributed by atoms with Crippen LogP contribution in [0.3, 0.4) is 0 Å². The molecule has 0 saturated carbocycles. The van der Waals surface area contributed by atoms with E-state index in [1.807, 2.05) is 27.7 Å². The number of aliphatic hydroxyl groups excluding tert-OH is 1. The minimum atomic E-state index is -0.729. The molecule has 0 radical (unpaired) electrons. The van der Waals surface area contributed by atoms with Gasteiger partial charge in [-0.25, -0.2) is 0 Å². The Morgan fingerprint density at radius 1 is 1.21 bits per heavy atom. The molecule has 5 heteroatoms. The fraction of sp³-hybridized carbons (Fsp3) is 0.857. The molecule has 0 aromatic carbocycles. The second kappa shape index (κ2) is 5.14. The molecule has 0 amide bonds. The van der Waals surface area contributed by atoms with Gasteiger partial charge in [0.05, 0.1) is 12.7 Å². The number of ether oxygens (including phenoxy) is 4. The molecule has 4 atom stereocenters. The standard InChI is InChI=1S/C14H24O5/c1-6-7-9(15)11-12(19-14(4,5)18-11)10-8-16-13(2,3)17-10/h6,9-12,15H,1,7-8H2,2-5H3/t9-,10+,11+,12+/m1/s1. The zero-order chi connectivity index (χ0) is 14.3. The third kappa shape index (κ3) is 3.35. The molecular formula is C14H24O5. The second-order valence-corrected chi connectivity index (χ2v) is 6.02. The summed E-state index contributed by atoms with van der Waals surface area (Å²) in [5.74, 6) is -1.34. The molecule has 0 aliphatic carbocycles. The van der Waals surface area contributed by atoms with Crippen LogP contribution < -0.4 is 0 Å². The zero-order valence-corrected chi connectivity index (χ0v) is 12.1. The average Bonchev–Trinajstić information content (AvgIpc) is 2.78. The Hall–Kier alpha value is -0.460. The van der Waals surface area contributed by atoms with Crippen LogP contribution in [0.2, 0.25) is 0 Å². The van der Waals surface area contributed by atoms with Gasteiger partial charge in [0.15, 0.2) is 11.6 Å². The number of aliphatic hydroxyl groups is 1. The van der Waals surface area contributed by atoms with Crippen molar-refractivity contribution >= 4 is 0 Å². The first-order chi connectivity index (χ1) is 8.74. The third-order valence-electron chi connectivity index (χ3n) is 3.35. The van der Waals surface area contributed by atoms with Crippen molar-refractivity contribution in [1.82, 2.24) is 0 Å². The predicted octanol–water partition coefficient (Wildman–Crippen LogP) is 1.59. The molecule has 0 bridgehead atoms. The molecule has 19 heavy (non-hydrogen) atoms. The second-order valence-electron chi connectivity index (χ2n) is 6.02. The van der Waals surface area contributed by atoms with Gasteiger partial charge < -0.3 is 24.1 Å². The maximum Gasteiger partial charge on any atom is 0.164 e. The summed E-state index contributed by atoms with van der Waals surface area (Å²) in [6, 6.07) is 0. The van der Waals surface area contributed by atoms with E-state index in [1.54, 1.807) is 6.08 Å². The lowest BCUT2D eigenvalue weighted by Gasteiger charge is -2.25. The summed E-state index contributed by atoms with van der Waals surface area (Å²) in [6.45, 7) is 11.5. The molecule has 110 valence electrons. The molecule has 0 aromatic heterocycles. The fourth-order valence-corrected chi connectivity index (χ4v) is 2.58. The van der Waals surface area contributed by atoms with Crippen LogP contribution in [-0.2, 0) is 18.9 Å². The highest BCUT2D eigenvalue weighted by Crippen LogP contribution is 2.37. The number of rotatable bonds is 4. The van der Waals surface area contributed by atoms with Crippen LogP contribution in [0.15, 0.2) is 12.7 Å². The topological polar surface area (TPSA) is 57.2 Å². The van der Waals surface area contributed by atoms with E-state index < -0.39 is 23.8 Å². The lowest BCUT2D eigenvalue weighted by Crippen LogP contribution is -2.43. The highest BCUT2D eigenvalue weighted by molar-refractivity contribution is 4.95. The van der Waals surface area contributed by atoms with Gasteiger partial charge in [-0.2, -0.15) is 0 Å². The van der Waals surface area contributed by atoms with Crippen molar-refractivity contribution in [1.29, 1.82) is 0 Å². The smallest absolute Gasteiger partial charge is 0.164 e. The Morgan fingerprint density at radius 3 is 2.42 bits per heavy atom. The van der Waals surface area contributed by atoms with Gasteiger partial charge in [-0.3, -0.25) is 0 Å². The first-order valence-corrected chi connectivity index (χ1v) is 6.70. The summed E-state index contributed by atoms with van der Waals surface area (Å²) in [5.41, 5.74) is 0. The first-order valence-electron chi connectivity index (χ1n) is 6.70. The molecule has 2 fully saturated rings. The Bertz CT molecular complexity index is 339. The largest absolute Gasteiger partial charge is 0.390 e. The lowest BCUT2D eigenvalue weighted by molar-refractivity contribution is -0.175. The zero-order valence-electron chi connectivity index (χ0n) is 12.1. The fourth-order valence-electron chi connectivity index (χ4n) is 2.58. The maximum atomic E-state index is 10.2. The minimum absolute atomic E-state index is 0.235. The van der Waals surface area contributed by atoms with Crippen LogP contribution >= 0.6 is 0 Å². The minimum Gasteiger partial charge on any atom is -0.390 e. The van der Waals surface area contributed by atoms with Crippen molar-refractivity contribution in [2.45, 2.75) is 70.1 Å². The molecule has 1 N–H and O–H groups in total. The molecule has 5 nitrogen and oxygen atoms in total. The van der Waals surface area contributed by atoms with Crippen molar-refractivity contribution in [3.63, 3.8) is 0 Å².